The summed E-state index contributed by atoms with van der Waals surface area (Å²) >= 11 is 0. The molecule has 1 saturated carbocycles. The summed E-state index contributed by atoms with van der Waals surface area (Å²) in [5.41, 5.74) is 2.58. The van der Waals surface area contributed by atoms with Crippen LogP contribution in [0.5, 0.6) is 0 Å². The minimum absolute atomic E-state index is 0.129. The third kappa shape index (κ3) is 4.87. The topological polar surface area (TPSA) is 63.2 Å². The molecular formula is C20H25N3O2. The lowest BCUT2D eigenvalue weighted by Gasteiger charge is -2.23. The maximum atomic E-state index is 12.2. The summed E-state index contributed by atoms with van der Waals surface area (Å²) in [4.78, 5) is 16.1. The Morgan fingerprint density at radius 2 is 1.88 bits per heavy atom. The maximum absolute atomic E-state index is 12.2. The molecule has 1 aliphatic carbocycles. The van der Waals surface area contributed by atoms with Crippen molar-refractivity contribution in [2.45, 2.75) is 31.8 Å². The lowest BCUT2D eigenvalue weighted by Crippen LogP contribution is -2.36. The van der Waals surface area contributed by atoms with Crippen molar-refractivity contribution in [1.29, 1.82) is 0 Å². The third-order valence-electron chi connectivity index (χ3n) is 4.61. The Balaban J connectivity index is 1.58. The Morgan fingerprint density at radius 1 is 1.20 bits per heavy atom. The fourth-order valence-corrected chi connectivity index (χ4v) is 2.98. The maximum Gasteiger partial charge on any atom is 0.255 e. The Labute approximate surface area is 148 Å². The molecular weight excluding hydrogens is 314 g/mol. The first kappa shape index (κ1) is 17.6. The lowest BCUT2D eigenvalue weighted by molar-refractivity contribution is 0.102. The molecule has 1 amide bonds. The molecule has 0 bridgehead atoms. The summed E-state index contributed by atoms with van der Waals surface area (Å²) in [5.74, 6) is 0.608. The predicted molar refractivity (Wildman–Crippen MR) is 98.6 cm³/mol. The van der Waals surface area contributed by atoms with Crippen molar-refractivity contribution in [3.05, 3.63) is 59.9 Å². The molecule has 132 valence electrons. The normalized spacial score (nSPS) is 16.2. The zero-order valence-electron chi connectivity index (χ0n) is 14.7. The quantitative estimate of drug-likeness (QED) is 0.774. The lowest BCUT2D eigenvalue weighted by atomic mass is 10.1. The average Bonchev–Trinajstić information content (AvgIpc) is 3.48. The summed E-state index contributed by atoms with van der Waals surface area (Å²) in [6.45, 7) is 2.91. The van der Waals surface area contributed by atoms with Gasteiger partial charge >= 0.3 is 0 Å². The van der Waals surface area contributed by atoms with Gasteiger partial charge in [0.2, 0.25) is 0 Å². The van der Waals surface area contributed by atoms with E-state index >= 15 is 0 Å². The molecule has 5 nitrogen and oxygen atoms in total. The Hall–Kier alpha value is -2.24. The molecule has 0 spiro atoms. The van der Waals surface area contributed by atoms with Crippen LogP contribution < -0.4 is 10.6 Å². The number of carbonyl (C=O) groups is 1. The van der Waals surface area contributed by atoms with Gasteiger partial charge < -0.3 is 15.4 Å². The number of nitrogens with zero attached hydrogens (tertiary/aromatic N) is 1. The van der Waals surface area contributed by atoms with Crippen LogP contribution in [-0.2, 0) is 4.74 Å². The number of carbonyl (C=O) groups excluding carboxylic acids is 1. The highest BCUT2D eigenvalue weighted by Crippen LogP contribution is 2.34. The van der Waals surface area contributed by atoms with Gasteiger partial charge in [-0.1, -0.05) is 12.1 Å². The highest BCUT2D eigenvalue weighted by Gasteiger charge is 2.31. The number of ether oxygens (including phenoxy) is 1. The molecule has 0 saturated heterocycles. The summed E-state index contributed by atoms with van der Waals surface area (Å²) in [7, 11) is 1.75. The van der Waals surface area contributed by atoms with E-state index in [1.54, 1.807) is 31.6 Å². The second kappa shape index (κ2) is 8.23. The molecule has 25 heavy (non-hydrogen) atoms. The number of nitrogens with one attached hydrogen (secondary N) is 2. The molecule has 1 heterocycles. The van der Waals surface area contributed by atoms with Crippen LogP contribution in [0.25, 0.3) is 0 Å². The van der Waals surface area contributed by atoms with Crippen molar-refractivity contribution < 1.29 is 9.53 Å². The summed E-state index contributed by atoms with van der Waals surface area (Å²) in [6, 6.07) is 12.0. The van der Waals surface area contributed by atoms with Crippen LogP contribution >= 0.6 is 0 Å². The molecule has 0 aliphatic heterocycles. The molecule has 1 fully saturated rings. The van der Waals surface area contributed by atoms with E-state index in [4.69, 9.17) is 4.74 Å². The van der Waals surface area contributed by atoms with Crippen molar-refractivity contribution >= 4 is 11.6 Å². The number of amides is 1. The first-order valence-electron chi connectivity index (χ1n) is 8.73. The van der Waals surface area contributed by atoms with E-state index in [-0.39, 0.29) is 11.9 Å². The summed E-state index contributed by atoms with van der Waals surface area (Å²) in [6.07, 6.45) is 5.80. The molecule has 0 radical (unpaired) electrons. The van der Waals surface area contributed by atoms with Crippen molar-refractivity contribution in [3.63, 3.8) is 0 Å². The van der Waals surface area contributed by atoms with Crippen LogP contribution in [0.2, 0.25) is 0 Å². The van der Waals surface area contributed by atoms with E-state index in [0.29, 0.717) is 11.6 Å². The Kier molecular flexibility index (Phi) is 5.79. The van der Waals surface area contributed by atoms with Gasteiger partial charge in [-0.05, 0) is 55.5 Å². The van der Waals surface area contributed by atoms with Crippen LogP contribution in [0.1, 0.15) is 41.7 Å². The molecule has 1 aromatic heterocycles. The van der Waals surface area contributed by atoms with Gasteiger partial charge in [0.25, 0.3) is 5.91 Å². The summed E-state index contributed by atoms with van der Waals surface area (Å²) in [5, 5.41) is 6.57. The second-order valence-electron chi connectivity index (χ2n) is 6.60. The first-order valence-corrected chi connectivity index (χ1v) is 8.73. The van der Waals surface area contributed by atoms with Crippen LogP contribution in [0.3, 0.4) is 0 Å². The molecule has 3 rings (SSSR count). The summed E-state index contributed by atoms with van der Waals surface area (Å²) < 4.78 is 5.33. The Bertz CT molecular complexity index is 684. The molecule has 2 N–H and O–H groups in total. The first-order chi connectivity index (χ1) is 12.2. The van der Waals surface area contributed by atoms with Crippen molar-refractivity contribution in [2.75, 3.05) is 19.0 Å². The van der Waals surface area contributed by atoms with E-state index in [1.165, 1.54) is 18.4 Å². The zero-order valence-corrected chi connectivity index (χ0v) is 14.7. The minimum Gasteiger partial charge on any atom is -0.383 e. The van der Waals surface area contributed by atoms with Gasteiger partial charge in [0, 0.05) is 42.8 Å². The number of pyridine rings is 1. The van der Waals surface area contributed by atoms with Crippen molar-refractivity contribution in [1.82, 2.24) is 10.3 Å². The van der Waals surface area contributed by atoms with Crippen LogP contribution in [0.15, 0.2) is 48.8 Å². The zero-order chi connectivity index (χ0) is 17.6. The van der Waals surface area contributed by atoms with Gasteiger partial charge in [0.1, 0.15) is 0 Å². The number of hydrogen-bond donors (Lipinski definition) is 2. The molecule has 2 atom stereocenters. The van der Waals surface area contributed by atoms with Crippen molar-refractivity contribution in [3.8, 4) is 0 Å². The van der Waals surface area contributed by atoms with Crippen LogP contribution in [0.4, 0.5) is 5.69 Å². The van der Waals surface area contributed by atoms with E-state index in [0.717, 1.165) is 18.2 Å². The van der Waals surface area contributed by atoms with E-state index in [9.17, 15) is 4.79 Å². The molecule has 5 heteroatoms. The second-order valence-corrected chi connectivity index (χ2v) is 6.60. The molecule has 1 aromatic carbocycles. The van der Waals surface area contributed by atoms with E-state index in [2.05, 4.69) is 34.7 Å². The van der Waals surface area contributed by atoms with E-state index < -0.39 is 0 Å². The van der Waals surface area contributed by atoms with E-state index in [1.807, 2.05) is 12.1 Å². The largest absolute Gasteiger partial charge is 0.383 e. The highest BCUT2D eigenvalue weighted by atomic mass is 16.5. The highest BCUT2D eigenvalue weighted by molar-refractivity contribution is 6.04. The molecule has 1 aliphatic rings. The Morgan fingerprint density at radius 3 is 2.48 bits per heavy atom. The number of rotatable bonds is 8. The SMILES string of the molecule is COC[C@H](N[C@H](C)c1ccc(NC(=O)c2ccncc2)cc1)C1CC1. The van der Waals surface area contributed by atoms with Gasteiger partial charge in [-0.25, -0.2) is 0 Å². The van der Waals surface area contributed by atoms with Gasteiger partial charge in [-0.15, -0.1) is 0 Å². The number of benzene rings is 1. The number of aromatic nitrogens is 1. The number of hydrogen-bond acceptors (Lipinski definition) is 4. The minimum atomic E-state index is -0.129. The van der Waals surface area contributed by atoms with Gasteiger partial charge in [-0.3, -0.25) is 9.78 Å². The standard InChI is InChI=1S/C20H25N3O2/c1-14(22-19(13-25-2)16-3-4-16)15-5-7-18(8-6-15)23-20(24)17-9-11-21-12-10-17/h5-12,14,16,19,22H,3-4,13H2,1-2H3,(H,23,24)/t14-,19+/m1/s1. The fourth-order valence-electron chi connectivity index (χ4n) is 2.98. The van der Waals surface area contributed by atoms with Gasteiger partial charge in [0.15, 0.2) is 0 Å². The monoisotopic (exact) mass is 339 g/mol. The predicted octanol–water partition coefficient (Wildman–Crippen LogP) is 3.41. The molecule has 0 unspecified atom stereocenters. The van der Waals surface area contributed by atoms with Gasteiger partial charge in [-0.2, -0.15) is 0 Å². The third-order valence-corrected chi connectivity index (χ3v) is 4.61. The number of methoxy groups -OCH3 is 1. The fraction of sp³-hybridized carbons (Fsp3) is 0.400. The van der Waals surface area contributed by atoms with Gasteiger partial charge in [0.05, 0.1) is 6.61 Å². The molecule has 2 aromatic rings. The average molecular weight is 339 g/mol. The van der Waals surface area contributed by atoms with Crippen LogP contribution in [0, 0.1) is 5.92 Å². The smallest absolute Gasteiger partial charge is 0.255 e. The van der Waals surface area contributed by atoms with Crippen molar-refractivity contribution in [2.24, 2.45) is 5.92 Å². The van der Waals surface area contributed by atoms with Crippen LogP contribution in [-0.4, -0.2) is 30.6 Å². The number of anilines is 1.